The molecule has 0 bridgehead atoms. The van der Waals surface area contributed by atoms with Gasteiger partial charge in [0.25, 0.3) is 0 Å². The van der Waals surface area contributed by atoms with Crippen LogP contribution in [-0.4, -0.2) is 25.4 Å². The maximum atomic E-state index is 5.87. The molecule has 90 valence electrons. The van der Waals surface area contributed by atoms with Gasteiger partial charge in [0, 0.05) is 13.2 Å². The Morgan fingerprint density at radius 3 is 2.60 bits per heavy atom. The molecule has 1 aliphatic heterocycles. The van der Waals surface area contributed by atoms with Gasteiger partial charge in [-0.1, -0.05) is 27.2 Å². The van der Waals surface area contributed by atoms with E-state index < -0.39 is 0 Å². The molecule has 0 radical (unpaired) electrons. The molecule has 1 fully saturated rings. The lowest BCUT2D eigenvalue weighted by Crippen LogP contribution is -2.35. The quantitative estimate of drug-likeness (QED) is 0.577. The lowest BCUT2D eigenvalue weighted by Gasteiger charge is -2.33. The van der Waals surface area contributed by atoms with Gasteiger partial charge in [0.1, 0.15) is 0 Å². The Labute approximate surface area is 94.3 Å². The van der Waals surface area contributed by atoms with Gasteiger partial charge in [0.15, 0.2) is 0 Å². The summed E-state index contributed by atoms with van der Waals surface area (Å²) in [6.45, 7) is 8.59. The van der Waals surface area contributed by atoms with Crippen molar-refractivity contribution in [3.8, 4) is 0 Å². The summed E-state index contributed by atoms with van der Waals surface area (Å²) in [4.78, 5) is 0. The Balaban J connectivity index is 2.13. The van der Waals surface area contributed by atoms with E-state index in [1.807, 2.05) is 0 Å². The normalized spacial score (nSPS) is 24.6. The Hall–Kier alpha value is -0.0800. The van der Waals surface area contributed by atoms with Crippen molar-refractivity contribution in [3.05, 3.63) is 0 Å². The highest BCUT2D eigenvalue weighted by molar-refractivity contribution is 4.75. The average Bonchev–Trinajstić information content (AvgIpc) is 2.13. The first-order valence-corrected chi connectivity index (χ1v) is 6.51. The van der Waals surface area contributed by atoms with Gasteiger partial charge in [-0.05, 0) is 31.6 Å². The number of hydrogen-bond donors (Lipinski definition) is 0. The van der Waals surface area contributed by atoms with E-state index in [4.69, 9.17) is 9.47 Å². The minimum Gasteiger partial charge on any atom is -0.378 e. The topological polar surface area (TPSA) is 18.5 Å². The fraction of sp³-hybridized carbons (Fsp3) is 1.00. The van der Waals surface area contributed by atoms with Crippen LogP contribution < -0.4 is 0 Å². The van der Waals surface area contributed by atoms with E-state index >= 15 is 0 Å². The van der Waals surface area contributed by atoms with Crippen LogP contribution in [0.2, 0.25) is 0 Å². The second kappa shape index (κ2) is 7.24. The van der Waals surface area contributed by atoms with Gasteiger partial charge in [-0.25, -0.2) is 0 Å². The molecule has 0 aromatic carbocycles. The lowest BCUT2D eigenvalue weighted by molar-refractivity contribution is -0.0933. The van der Waals surface area contributed by atoms with Crippen LogP contribution in [0.4, 0.5) is 0 Å². The molecule has 1 aliphatic rings. The molecule has 3 unspecified atom stereocenters. The summed E-state index contributed by atoms with van der Waals surface area (Å²) >= 11 is 0. The first kappa shape index (κ1) is 13.0. The molecular weight excluding hydrogens is 188 g/mol. The predicted molar refractivity (Wildman–Crippen MR) is 63.1 cm³/mol. The van der Waals surface area contributed by atoms with Crippen molar-refractivity contribution >= 4 is 0 Å². The smallest absolute Gasteiger partial charge is 0.0623 e. The van der Waals surface area contributed by atoms with Crippen molar-refractivity contribution in [1.82, 2.24) is 0 Å². The van der Waals surface area contributed by atoms with Gasteiger partial charge in [0.05, 0.1) is 12.2 Å². The highest BCUT2D eigenvalue weighted by Crippen LogP contribution is 2.25. The van der Waals surface area contributed by atoms with Crippen LogP contribution in [0.3, 0.4) is 0 Å². The maximum absolute atomic E-state index is 5.87. The van der Waals surface area contributed by atoms with Crippen LogP contribution in [0.1, 0.15) is 52.9 Å². The molecule has 1 saturated heterocycles. The summed E-state index contributed by atoms with van der Waals surface area (Å²) < 4.78 is 11.4. The second-order valence-electron chi connectivity index (χ2n) is 4.67. The largest absolute Gasteiger partial charge is 0.378 e. The van der Waals surface area contributed by atoms with Gasteiger partial charge in [-0.2, -0.15) is 0 Å². The van der Waals surface area contributed by atoms with Crippen LogP contribution in [0.5, 0.6) is 0 Å². The molecule has 0 aliphatic carbocycles. The Bertz CT molecular complexity index is 155. The molecule has 1 heterocycles. The fourth-order valence-electron chi connectivity index (χ4n) is 2.02. The first-order valence-electron chi connectivity index (χ1n) is 6.51. The minimum absolute atomic E-state index is 0.441. The van der Waals surface area contributed by atoms with Gasteiger partial charge in [0.2, 0.25) is 0 Å². The molecule has 0 aromatic rings. The van der Waals surface area contributed by atoms with E-state index in [1.54, 1.807) is 0 Å². The van der Waals surface area contributed by atoms with Crippen molar-refractivity contribution in [1.29, 1.82) is 0 Å². The second-order valence-corrected chi connectivity index (χ2v) is 4.67. The monoisotopic (exact) mass is 214 g/mol. The molecule has 2 nitrogen and oxygen atoms in total. The van der Waals surface area contributed by atoms with Gasteiger partial charge < -0.3 is 9.47 Å². The lowest BCUT2D eigenvalue weighted by atomic mass is 9.92. The molecule has 3 atom stereocenters. The van der Waals surface area contributed by atoms with Crippen LogP contribution >= 0.6 is 0 Å². The molecule has 15 heavy (non-hydrogen) atoms. The van der Waals surface area contributed by atoms with E-state index in [9.17, 15) is 0 Å². The summed E-state index contributed by atoms with van der Waals surface area (Å²) in [6, 6.07) is 0. The van der Waals surface area contributed by atoms with E-state index in [-0.39, 0.29) is 0 Å². The molecule has 2 heteroatoms. The molecule has 0 spiro atoms. The van der Waals surface area contributed by atoms with E-state index in [2.05, 4.69) is 20.8 Å². The summed E-state index contributed by atoms with van der Waals surface area (Å²) in [6.07, 6.45) is 6.88. The fourth-order valence-corrected chi connectivity index (χ4v) is 2.02. The summed E-state index contributed by atoms with van der Waals surface area (Å²) in [7, 11) is 0. The zero-order chi connectivity index (χ0) is 11.1. The molecule has 0 N–H and O–H groups in total. The average molecular weight is 214 g/mol. The summed E-state index contributed by atoms with van der Waals surface area (Å²) in [5.74, 6) is 0.658. The van der Waals surface area contributed by atoms with Crippen molar-refractivity contribution < 1.29 is 9.47 Å². The molecule has 0 saturated carbocycles. The molecule has 1 rings (SSSR count). The van der Waals surface area contributed by atoms with Crippen molar-refractivity contribution in [2.75, 3.05) is 13.2 Å². The third-order valence-electron chi connectivity index (χ3n) is 3.31. The maximum Gasteiger partial charge on any atom is 0.0623 e. The minimum atomic E-state index is 0.441. The number of unbranched alkanes of at least 4 members (excludes halogenated alkanes) is 1. The van der Waals surface area contributed by atoms with Crippen molar-refractivity contribution in [3.63, 3.8) is 0 Å². The summed E-state index contributed by atoms with van der Waals surface area (Å²) in [5, 5.41) is 0. The standard InChI is InChI=1S/C13H26O2/c1-4-6-8-14-12(5-2)10-11(3)13-7-9-15-13/h11-13H,4-10H2,1-3H3. The van der Waals surface area contributed by atoms with E-state index in [0.717, 1.165) is 26.1 Å². The Morgan fingerprint density at radius 1 is 1.40 bits per heavy atom. The van der Waals surface area contributed by atoms with Gasteiger partial charge >= 0.3 is 0 Å². The Kier molecular flexibility index (Phi) is 6.26. The third kappa shape index (κ3) is 4.52. The number of hydrogen-bond acceptors (Lipinski definition) is 2. The Morgan fingerprint density at radius 2 is 2.13 bits per heavy atom. The molecule has 0 amide bonds. The summed E-state index contributed by atoms with van der Waals surface area (Å²) in [5.41, 5.74) is 0. The van der Waals surface area contributed by atoms with Crippen LogP contribution in [0.15, 0.2) is 0 Å². The van der Waals surface area contributed by atoms with Gasteiger partial charge in [-0.3, -0.25) is 0 Å². The highest BCUT2D eigenvalue weighted by Gasteiger charge is 2.26. The number of ether oxygens (including phenoxy) is 2. The molecular formula is C13H26O2. The SMILES string of the molecule is CCCCOC(CC)CC(C)C1CCO1. The highest BCUT2D eigenvalue weighted by atomic mass is 16.5. The van der Waals surface area contributed by atoms with Crippen LogP contribution in [0, 0.1) is 5.92 Å². The van der Waals surface area contributed by atoms with E-state index in [1.165, 1.54) is 19.3 Å². The van der Waals surface area contributed by atoms with Crippen molar-refractivity contribution in [2.45, 2.75) is 65.1 Å². The zero-order valence-corrected chi connectivity index (χ0v) is 10.5. The third-order valence-corrected chi connectivity index (χ3v) is 3.31. The van der Waals surface area contributed by atoms with Gasteiger partial charge in [-0.15, -0.1) is 0 Å². The van der Waals surface area contributed by atoms with Crippen LogP contribution in [0.25, 0.3) is 0 Å². The van der Waals surface area contributed by atoms with Crippen molar-refractivity contribution in [2.24, 2.45) is 5.92 Å². The first-order chi connectivity index (χ1) is 7.27. The van der Waals surface area contributed by atoms with E-state index in [0.29, 0.717) is 18.1 Å². The number of rotatable bonds is 8. The molecule has 0 aromatic heterocycles. The predicted octanol–water partition coefficient (Wildman–Crippen LogP) is 3.40. The van der Waals surface area contributed by atoms with Crippen LogP contribution in [-0.2, 0) is 9.47 Å². The zero-order valence-electron chi connectivity index (χ0n) is 10.5.